The highest BCUT2D eigenvalue weighted by Gasteiger charge is 2.08. The molecule has 0 aliphatic rings. The summed E-state index contributed by atoms with van der Waals surface area (Å²) in [5, 5.41) is 2.84. The van der Waals surface area contributed by atoms with E-state index in [2.05, 4.69) is 24.0 Å². The molecule has 100 valence electrons. The quantitative estimate of drug-likeness (QED) is 0.784. The zero-order chi connectivity index (χ0) is 13.8. The van der Waals surface area contributed by atoms with Crippen molar-refractivity contribution in [3.63, 3.8) is 0 Å². The van der Waals surface area contributed by atoms with Gasteiger partial charge in [0, 0.05) is 31.1 Å². The normalized spacial score (nSPS) is 10.6. The van der Waals surface area contributed by atoms with Gasteiger partial charge in [0.2, 0.25) is 0 Å². The maximum Gasteiger partial charge on any atom is 0.252 e. The number of pyridine rings is 2. The molecule has 0 unspecified atom stereocenters. The van der Waals surface area contributed by atoms with Gasteiger partial charge in [0.15, 0.2) is 5.65 Å². The zero-order valence-electron chi connectivity index (χ0n) is 10.5. The van der Waals surface area contributed by atoms with E-state index in [4.69, 9.17) is 0 Å². The van der Waals surface area contributed by atoms with E-state index < -0.39 is 0 Å². The first-order valence-electron chi connectivity index (χ1n) is 6.09. The molecule has 0 radical (unpaired) electrons. The van der Waals surface area contributed by atoms with Crippen LogP contribution < -0.4 is 5.32 Å². The second-order valence-corrected chi connectivity index (χ2v) is 4.69. The number of hydrogen-bond donors (Lipinski definition) is 1. The van der Waals surface area contributed by atoms with Gasteiger partial charge < -0.3 is 5.32 Å². The number of carbonyl (C=O) groups excluding carboxylic acids is 1. The second kappa shape index (κ2) is 5.70. The summed E-state index contributed by atoms with van der Waals surface area (Å²) in [5.74, 6) is -0.164. The Kier molecular flexibility index (Phi) is 3.60. The molecule has 1 amide bonds. The Hall–Kier alpha value is -2.41. The predicted octanol–water partition coefficient (Wildman–Crippen LogP) is 1.45. The summed E-state index contributed by atoms with van der Waals surface area (Å²) in [6, 6.07) is 7.42. The second-order valence-electron chi connectivity index (χ2n) is 4.16. The molecule has 3 heterocycles. The van der Waals surface area contributed by atoms with Crippen molar-refractivity contribution in [1.29, 1.82) is 0 Å². The fourth-order valence-electron chi connectivity index (χ4n) is 1.76. The number of nitrogens with zero attached hydrogens (tertiary/aromatic N) is 4. The zero-order valence-corrected chi connectivity index (χ0v) is 11.3. The lowest BCUT2D eigenvalue weighted by atomic mass is 10.2. The summed E-state index contributed by atoms with van der Waals surface area (Å²) < 4.78 is 8.07. The highest BCUT2D eigenvalue weighted by Crippen LogP contribution is 2.10. The van der Waals surface area contributed by atoms with Gasteiger partial charge in [-0.05, 0) is 18.2 Å². The van der Waals surface area contributed by atoms with Crippen molar-refractivity contribution < 1.29 is 4.79 Å². The van der Waals surface area contributed by atoms with Crippen LogP contribution in [0, 0.1) is 0 Å². The van der Waals surface area contributed by atoms with Crippen LogP contribution in [0.4, 0.5) is 0 Å². The molecule has 0 aliphatic carbocycles. The van der Waals surface area contributed by atoms with Crippen LogP contribution in [-0.4, -0.2) is 31.2 Å². The van der Waals surface area contributed by atoms with Crippen LogP contribution in [-0.2, 0) is 6.42 Å². The number of amides is 1. The Balaban J connectivity index is 1.61. The number of nitrogens with one attached hydrogen (secondary N) is 1. The van der Waals surface area contributed by atoms with E-state index in [0.29, 0.717) is 29.7 Å². The van der Waals surface area contributed by atoms with Gasteiger partial charge >= 0.3 is 0 Å². The molecule has 0 saturated heterocycles. The molecule has 0 aromatic carbocycles. The molecule has 0 spiro atoms. The summed E-state index contributed by atoms with van der Waals surface area (Å²) in [7, 11) is 0. The molecule has 0 aliphatic heterocycles. The van der Waals surface area contributed by atoms with Crippen LogP contribution in [0.5, 0.6) is 0 Å². The fourth-order valence-corrected chi connectivity index (χ4v) is 2.24. The Morgan fingerprint density at radius 2 is 2.20 bits per heavy atom. The van der Waals surface area contributed by atoms with Gasteiger partial charge in [-0.25, -0.2) is 4.98 Å². The van der Waals surface area contributed by atoms with E-state index in [0.717, 1.165) is 17.4 Å². The Morgan fingerprint density at radius 1 is 1.25 bits per heavy atom. The standard InChI is InChI=1S/C13H11N5OS/c19-13(15-6-4-10-3-1-2-5-14-10)9-7-11-12(16-8-9)18-20-17-11/h1-3,5,7-8H,4,6H2,(H,15,19). The molecule has 3 rings (SSSR count). The van der Waals surface area contributed by atoms with E-state index in [1.807, 2.05) is 18.2 Å². The van der Waals surface area contributed by atoms with Gasteiger partial charge in [-0.2, -0.15) is 8.75 Å². The number of rotatable bonds is 4. The van der Waals surface area contributed by atoms with Crippen LogP contribution >= 0.6 is 11.7 Å². The Morgan fingerprint density at radius 3 is 3.05 bits per heavy atom. The lowest BCUT2D eigenvalue weighted by molar-refractivity contribution is 0.0954. The van der Waals surface area contributed by atoms with Crippen molar-refractivity contribution in [3.8, 4) is 0 Å². The van der Waals surface area contributed by atoms with Crippen molar-refractivity contribution in [3.05, 3.63) is 47.9 Å². The minimum absolute atomic E-state index is 0.164. The molecule has 20 heavy (non-hydrogen) atoms. The molecule has 0 atom stereocenters. The molecule has 3 aromatic heterocycles. The minimum atomic E-state index is -0.164. The molecule has 0 saturated carbocycles. The summed E-state index contributed by atoms with van der Waals surface area (Å²) in [4.78, 5) is 20.3. The number of hydrogen-bond acceptors (Lipinski definition) is 6. The van der Waals surface area contributed by atoms with Gasteiger partial charge in [-0.3, -0.25) is 9.78 Å². The van der Waals surface area contributed by atoms with Crippen molar-refractivity contribution in [2.45, 2.75) is 6.42 Å². The summed E-state index contributed by atoms with van der Waals surface area (Å²) in [5.41, 5.74) is 2.66. The van der Waals surface area contributed by atoms with Gasteiger partial charge in [0.25, 0.3) is 5.91 Å². The summed E-state index contributed by atoms with van der Waals surface area (Å²) >= 11 is 1.09. The van der Waals surface area contributed by atoms with Crippen LogP contribution in [0.1, 0.15) is 16.1 Å². The average Bonchev–Trinajstić information content (AvgIpc) is 2.95. The van der Waals surface area contributed by atoms with Crippen molar-refractivity contribution in [1.82, 2.24) is 24.0 Å². The first kappa shape index (κ1) is 12.6. The third-order valence-electron chi connectivity index (χ3n) is 2.77. The Labute approximate surface area is 119 Å². The molecular weight excluding hydrogens is 274 g/mol. The first-order valence-corrected chi connectivity index (χ1v) is 6.82. The summed E-state index contributed by atoms with van der Waals surface area (Å²) in [6.07, 6.45) is 3.95. The van der Waals surface area contributed by atoms with Crippen LogP contribution in [0.25, 0.3) is 11.2 Å². The minimum Gasteiger partial charge on any atom is -0.352 e. The van der Waals surface area contributed by atoms with E-state index in [1.165, 1.54) is 6.20 Å². The topological polar surface area (TPSA) is 80.7 Å². The summed E-state index contributed by atoms with van der Waals surface area (Å²) in [6.45, 7) is 0.531. The third-order valence-corrected chi connectivity index (χ3v) is 3.30. The van der Waals surface area contributed by atoms with Crippen molar-refractivity contribution in [2.75, 3.05) is 6.54 Å². The van der Waals surface area contributed by atoms with Gasteiger partial charge in [0.1, 0.15) is 5.52 Å². The molecule has 3 aromatic rings. The largest absolute Gasteiger partial charge is 0.352 e. The smallest absolute Gasteiger partial charge is 0.252 e. The lowest BCUT2D eigenvalue weighted by Crippen LogP contribution is -2.26. The molecule has 1 N–H and O–H groups in total. The van der Waals surface area contributed by atoms with Gasteiger partial charge in [-0.1, -0.05) is 6.07 Å². The maximum absolute atomic E-state index is 12.0. The van der Waals surface area contributed by atoms with Crippen LogP contribution in [0.3, 0.4) is 0 Å². The van der Waals surface area contributed by atoms with Gasteiger partial charge in [-0.15, -0.1) is 0 Å². The Bertz CT molecular complexity index is 728. The maximum atomic E-state index is 12.0. The molecule has 0 fully saturated rings. The van der Waals surface area contributed by atoms with E-state index in [1.54, 1.807) is 12.3 Å². The van der Waals surface area contributed by atoms with E-state index in [9.17, 15) is 4.79 Å². The monoisotopic (exact) mass is 285 g/mol. The SMILES string of the molecule is O=C(NCCc1ccccn1)c1cnc2nsnc2c1. The highest BCUT2D eigenvalue weighted by atomic mass is 32.1. The average molecular weight is 285 g/mol. The molecule has 6 nitrogen and oxygen atoms in total. The highest BCUT2D eigenvalue weighted by molar-refractivity contribution is 7.00. The van der Waals surface area contributed by atoms with Crippen molar-refractivity contribution in [2.24, 2.45) is 0 Å². The molecular formula is C13H11N5OS. The number of fused-ring (bicyclic) bond motifs is 1. The molecule has 7 heteroatoms. The number of carbonyl (C=O) groups is 1. The van der Waals surface area contributed by atoms with E-state index >= 15 is 0 Å². The molecule has 0 bridgehead atoms. The number of aromatic nitrogens is 4. The first-order chi connectivity index (χ1) is 9.83. The lowest BCUT2D eigenvalue weighted by Gasteiger charge is -2.04. The van der Waals surface area contributed by atoms with Crippen molar-refractivity contribution >= 4 is 28.8 Å². The predicted molar refractivity (Wildman–Crippen MR) is 75.5 cm³/mol. The van der Waals surface area contributed by atoms with Gasteiger partial charge in [0.05, 0.1) is 17.3 Å². The van der Waals surface area contributed by atoms with Crippen LogP contribution in [0.15, 0.2) is 36.7 Å². The van der Waals surface area contributed by atoms with Crippen LogP contribution in [0.2, 0.25) is 0 Å². The third kappa shape index (κ3) is 2.77. The fraction of sp³-hybridized carbons (Fsp3) is 0.154. The van der Waals surface area contributed by atoms with E-state index in [-0.39, 0.29) is 5.91 Å².